The number of carbonyl (C=O) groups excluding carboxylic acids is 2. The number of aromatic nitrogens is 2. The lowest BCUT2D eigenvalue weighted by atomic mass is 10.1. The first kappa shape index (κ1) is 22.6. The zero-order valence-electron chi connectivity index (χ0n) is 18.3. The molecule has 0 bridgehead atoms. The van der Waals surface area contributed by atoms with E-state index < -0.39 is 11.9 Å². The van der Waals surface area contributed by atoms with E-state index in [0.29, 0.717) is 22.4 Å². The molecule has 1 N–H and O–H groups in total. The van der Waals surface area contributed by atoms with Gasteiger partial charge in [0.2, 0.25) is 0 Å². The molecule has 4 aromatic rings. The van der Waals surface area contributed by atoms with Crippen LogP contribution in [0.15, 0.2) is 90.2 Å². The topological polar surface area (TPSA) is 85.6 Å². The highest BCUT2D eigenvalue weighted by molar-refractivity contribution is 5.93. The normalized spacial score (nSPS) is 10.9. The van der Waals surface area contributed by atoms with Crippen LogP contribution in [0.2, 0.25) is 0 Å². The fourth-order valence-corrected chi connectivity index (χ4v) is 3.07. The second-order valence-corrected chi connectivity index (χ2v) is 7.51. The first-order chi connectivity index (χ1) is 16.5. The highest BCUT2D eigenvalue weighted by Crippen LogP contribution is 2.14. The zero-order chi connectivity index (χ0) is 23.9. The molecule has 3 aromatic carbocycles. The summed E-state index contributed by atoms with van der Waals surface area (Å²) in [5.74, 6) is -0.869. The molecular formula is C26H21FN4O3. The number of benzene rings is 3. The van der Waals surface area contributed by atoms with Gasteiger partial charge < -0.3 is 4.74 Å². The quantitative estimate of drug-likeness (QED) is 0.194. The van der Waals surface area contributed by atoms with Gasteiger partial charge in [0, 0.05) is 11.8 Å². The Hall–Kier alpha value is -4.59. The molecule has 0 unspecified atom stereocenters. The summed E-state index contributed by atoms with van der Waals surface area (Å²) in [6.07, 6.45) is 3.06. The number of aryl methyl sites for hydroxylation is 1. The Morgan fingerprint density at radius 2 is 1.76 bits per heavy atom. The summed E-state index contributed by atoms with van der Waals surface area (Å²) < 4.78 is 20.6. The summed E-state index contributed by atoms with van der Waals surface area (Å²) in [4.78, 5) is 24.5. The number of nitrogens with zero attached hydrogens (tertiary/aromatic N) is 3. The van der Waals surface area contributed by atoms with Crippen molar-refractivity contribution < 1.29 is 18.7 Å². The SMILES string of the molecule is Cc1ccc(C(=O)Oc2ccc(C=NNC(=O)c3ccn(Cc4ccccc4F)n3)cc2)cc1. The largest absolute Gasteiger partial charge is 0.423 e. The van der Waals surface area contributed by atoms with Crippen LogP contribution >= 0.6 is 0 Å². The van der Waals surface area contributed by atoms with Crippen LogP contribution in [0.1, 0.15) is 37.5 Å². The van der Waals surface area contributed by atoms with E-state index in [4.69, 9.17) is 4.74 Å². The highest BCUT2D eigenvalue weighted by Gasteiger charge is 2.10. The number of amides is 1. The van der Waals surface area contributed by atoms with E-state index in [1.807, 2.05) is 19.1 Å². The van der Waals surface area contributed by atoms with Gasteiger partial charge in [0.15, 0.2) is 5.69 Å². The van der Waals surface area contributed by atoms with Gasteiger partial charge in [-0.25, -0.2) is 14.6 Å². The number of esters is 1. The predicted octanol–water partition coefficient (Wildman–Crippen LogP) is 4.36. The number of carbonyl (C=O) groups is 2. The van der Waals surface area contributed by atoms with Crippen LogP contribution < -0.4 is 10.2 Å². The standard InChI is InChI=1S/C26H21FN4O3/c1-18-6-10-20(11-7-18)26(33)34-22-12-8-19(9-13-22)16-28-29-25(32)24-14-15-31(30-24)17-21-4-2-3-5-23(21)27/h2-16H,17H2,1H3,(H,29,32). The molecule has 4 rings (SSSR count). The van der Waals surface area contributed by atoms with Gasteiger partial charge in [0.05, 0.1) is 18.3 Å². The van der Waals surface area contributed by atoms with E-state index in [0.717, 1.165) is 5.56 Å². The summed E-state index contributed by atoms with van der Waals surface area (Å²) in [5, 5.41) is 8.09. The number of ether oxygens (including phenoxy) is 1. The summed E-state index contributed by atoms with van der Waals surface area (Å²) in [6.45, 7) is 2.16. The van der Waals surface area contributed by atoms with Gasteiger partial charge in [-0.1, -0.05) is 35.9 Å². The Bertz CT molecular complexity index is 1330. The van der Waals surface area contributed by atoms with Gasteiger partial charge in [-0.3, -0.25) is 9.48 Å². The summed E-state index contributed by atoms with van der Waals surface area (Å²) >= 11 is 0. The van der Waals surface area contributed by atoms with E-state index in [1.165, 1.54) is 23.0 Å². The van der Waals surface area contributed by atoms with Crippen LogP contribution in [-0.4, -0.2) is 27.9 Å². The molecule has 0 aliphatic rings. The van der Waals surface area contributed by atoms with Crippen molar-refractivity contribution in [3.8, 4) is 5.75 Å². The molecule has 1 aromatic heterocycles. The van der Waals surface area contributed by atoms with E-state index in [9.17, 15) is 14.0 Å². The average Bonchev–Trinajstić information content (AvgIpc) is 3.31. The Labute approximate surface area is 195 Å². The summed E-state index contributed by atoms with van der Waals surface area (Å²) in [5.41, 5.74) is 5.26. The van der Waals surface area contributed by atoms with Crippen LogP contribution in [0, 0.1) is 12.7 Å². The fourth-order valence-electron chi connectivity index (χ4n) is 3.07. The monoisotopic (exact) mass is 456 g/mol. The number of halogens is 1. The van der Waals surface area contributed by atoms with E-state index >= 15 is 0 Å². The number of nitrogens with one attached hydrogen (secondary N) is 1. The van der Waals surface area contributed by atoms with Crippen molar-refractivity contribution in [3.63, 3.8) is 0 Å². The summed E-state index contributed by atoms with van der Waals surface area (Å²) in [6, 6.07) is 21.7. The second-order valence-electron chi connectivity index (χ2n) is 7.51. The molecule has 0 aliphatic heterocycles. The predicted molar refractivity (Wildman–Crippen MR) is 125 cm³/mol. The second kappa shape index (κ2) is 10.4. The first-order valence-corrected chi connectivity index (χ1v) is 10.5. The van der Waals surface area contributed by atoms with Crippen molar-refractivity contribution in [2.45, 2.75) is 13.5 Å². The van der Waals surface area contributed by atoms with Gasteiger partial charge >= 0.3 is 5.97 Å². The van der Waals surface area contributed by atoms with Crippen LogP contribution in [0.5, 0.6) is 5.75 Å². The minimum absolute atomic E-state index is 0.159. The zero-order valence-corrected chi connectivity index (χ0v) is 18.3. The molecule has 1 amide bonds. The maximum atomic E-state index is 13.8. The third-order valence-corrected chi connectivity index (χ3v) is 4.92. The van der Waals surface area contributed by atoms with Crippen LogP contribution in [0.25, 0.3) is 0 Å². The Morgan fingerprint density at radius 3 is 2.50 bits per heavy atom. The van der Waals surface area contributed by atoms with Crippen molar-refractivity contribution >= 4 is 18.1 Å². The van der Waals surface area contributed by atoms with Crippen LogP contribution in [0.3, 0.4) is 0 Å². The maximum Gasteiger partial charge on any atom is 0.343 e. The molecule has 0 aliphatic carbocycles. The third-order valence-electron chi connectivity index (χ3n) is 4.92. The maximum absolute atomic E-state index is 13.8. The van der Waals surface area contributed by atoms with Gasteiger partial charge in [-0.15, -0.1) is 0 Å². The molecule has 170 valence electrons. The van der Waals surface area contributed by atoms with Crippen molar-refractivity contribution in [1.29, 1.82) is 0 Å². The molecule has 0 atom stereocenters. The molecular weight excluding hydrogens is 435 g/mol. The molecule has 34 heavy (non-hydrogen) atoms. The minimum atomic E-state index is -0.493. The van der Waals surface area contributed by atoms with Gasteiger partial charge in [-0.05, 0) is 61.0 Å². The number of hydrazone groups is 1. The smallest absolute Gasteiger partial charge is 0.343 e. The lowest BCUT2D eigenvalue weighted by molar-refractivity contribution is 0.0734. The fraction of sp³-hybridized carbons (Fsp3) is 0.0769. The Kier molecular flexibility index (Phi) is 6.88. The van der Waals surface area contributed by atoms with Crippen molar-refractivity contribution in [3.05, 3.63) is 119 Å². The molecule has 7 nitrogen and oxygen atoms in total. The third kappa shape index (κ3) is 5.80. The number of hydrogen-bond donors (Lipinski definition) is 1. The first-order valence-electron chi connectivity index (χ1n) is 10.5. The van der Waals surface area contributed by atoms with Gasteiger partial charge in [0.1, 0.15) is 11.6 Å². The van der Waals surface area contributed by atoms with Gasteiger partial charge in [-0.2, -0.15) is 10.2 Å². The van der Waals surface area contributed by atoms with Crippen molar-refractivity contribution in [1.82, 2.24) is 15.2 Å². The van der Waals surface area contributed by atoms with E-state index in [-0.39, 0.29) is 18.1 Å². The lowest BCUT2D eigenvalue weighted by Crippen LogP contribution is -2.18. The average molecular weight is 456 g/mol. The summed E-state index contributed by atoms with van der Waals surface area (Å²) in [7, 11) is 0. The Balaban J connectivity index is 1.30. The molecule has 1 heterocycles. The molecule has 0 saturated carbocycles. The number of hydrogen-bond acceptors (Lipinski definition) is 5. The van der Waals surface area contributed by atoms with Gasteiger partial charge in [0.25, 0.3) is 5.91 Å². The molecule has 0 saturated heterocycles. The minimum Gasteiger partial charge on any atom is -0.423 e. The molecule has 0 radical (unpaired) electrons. The molecule has 0 spiro atoms. The number of rotatable bonds is 7. The van der Waals surface area contributed by atoms with Crippen LogP contribution in [-0.2, 0) is 6.54 Å². The molecule has 0 fully saturated rings. The van der Waals surface area contributed by atoms with E-state index in [2.05, 4.69) is 15.6 Å². The van der Waals surface area contributed by atoms with Crippen LogP contribution in [0.4, 0.5) is 4.39 Å². The highest BCUT2D eigenvalue weighted by atomic mass is 19.1. The van der Waals surface area contributed by atoms with Crippen molar-refractivity contribution in [2.24, 2.45) is 5.10 Å². The Morgan fingerprint density at radius 1 is 1.03 bits per heavy atom. The van der Waals surface area contributed by atoms with E-state index in [1.54, 1.807) is 60.8 Å². The van der Waals surface area contributed by atoms with Crippen molar-refractivity contribution in [2.75, 3.05) is 0 Å². The molecule has 8 heteroatoms. The lowest BCUT2D eigenvalue weighted by Gasteiger charge is -2.05.